The number of halogens is 1. The van der Waals surface area contributed by atoms with Gasteiger partial charge < -0.3 is 5.32 Å². The minimum atomic E-state index is -3.16. The largest absolute Gasteiger partial charge is 0.324 e. The molecule has 6 nitrogen and oxygen atoms in total. The van der Waals surface area contributed by atoms with Crippen LogP contribution >= 0.6 is 23.4 Å². The van der Waals surface area contributed by atoms with Crippen molar-refractivity contribution in [3.05, 3.63) is 53.6 Å². The van der Waals surface area contributed by atoms with Crippen molar-refractivity contribution in [3.63, 3.8) is 0 Å². The van der Waals surface area contributed by atoms with Crippen molar-refractivity contribution in [2.75, 3.05) is 43.8 Å². The van der Waals surface area contributed by atoms with E-state index in [0.29, 0.717) is 31.2 Å². The van der Waals surface area contributed by atoms with Crippen molar-refractivity contribution in [3.8, 4) is 0 Å². The number of benzene rings is 2. The van der Waals surface area contributed by atoms with Gasteiger partial charge in [0.25, 0.3) is 0 Å². The normalized spacial score (nSPS) is 15.9. The number of piperazine rings is 1. The average molecular weight is 454 g/mol. The molecule has 1 aliphatic rings. The van der Waals surface area contributed by atoms with Crippen molar-refractivity contribution >= 4 is 45.0 Å². The first-order valence-corrected chi connectivity index (χ1v) is 12.2. The second-order valence-electron chi connectivity index (χ2n) is 6.68. The van der Waals surface area contributed by atoms with Crippen LogP contribution in [-0.4, -0.2) is 62.0 Å². The molecule has 1 saturated heterocycles. The molecule has 1 fully saturated rings. The smallest absolute Gasteiger partial charge is 0.238 e. The van der Waals surface area contributed by atoms with Gasteiger partial charge in [0.15, 0.2) is 0 Å². The lowest BCUT2D eigenvalue weighted by Gasteiger charge is -2.33. The summed E-state index contributed by atoms with van der Waals surface area (Å²) >= 11 is 7.50. The molecule has 2 aromatic rings. The van der Waals surface area contributed by atoms with Crippen LogP contribution in [0.15, 0.2) is 58.3 Å². The number of carbonyl (C=O) groups is 1. The number of carbonyl (C=O) groups excluding carboxylic acids is 1. The zero-order valence-electron chi connectivity index (χ0n) is 16.2. The van der Waals surface area contributed by atoms with E-state index in [4.69, 9.17) is 11.6 Å². The molecule has 29 heavy (non-hydrogen) atoms. The maximum absolute atomic E-state index is 12.6. The fourth-order valence-corrected chi connectivity index (χ4v) is 5.14. The van der Waals surface area contributed by atoms with Gasteiger partial charge in [0.1, 0.15) is 0 Å². The van der Waals surface area contributed by atoms with Crippen molar-refractivity contribution < 1.29 is 13.2 Å². The zero-order chi connectivity index (χ0) is 20.9. The van der Waals surface area contributed by atoms with Crippen molar-refractivity contribution in [1.82, 2.24) is 9.21 Å². The van der Waals surface area contributed by atoms with Crippen LogP contribution in [0.5, 0.6) is 0 Å². The number of hydrogen-bond acceptors (Lipinski definition) is 5. The maximum atomic E-state index is 12.6. The monoisotopic (exact) mass is 453 g/mol. The molecule has 0 bridgehead atoms. The summed E-state index contributed by atoms with van der Waals surface area (Å²) in [6, 6.07) is 15.2. The first kappa shape index (κ1) is 22.1. The Bertz CT molecular complexity index is 944. The van der Waals surface area contributed by atoms with Gasteiger partial charge in [0.05, 0.1) is 18.0 Å². The van der Waals surface area contributed by atoms with Crippen LogP contribution in [0.1, 0.15) is 6.92 Å². The first-order valence-electron chi connectivity index (χ1n) is 9.40. The average Bonchev–Trinajstić information content (AvgIpc) is 2.71. The number of rotatable bonds is 7. The highest BCUT2D eigenvalue weighted by Gasteiger charge is 2.26. The third kappa shape index (κ3) is 6.20. The van der Waals surface area contributed by atoms with E-state index in [2.05, 4.69) is 5.32 Å². The minimum Gasteiger partial charge on any atom is -0.324 e. The summed E-state index contributed by atoms with van der Waals surface area (Å²) in [6.07, 6.45) is 0. The standard InChI is InChI=1S/C20H24ClN3O3S2/c1-2-29(26,27)24-13-11-23(12-14-24)15-20(25)22-18-5-3-4-6-19(18)28-17-9-7-16(21)8-10-17/h3-10H,2,11-15H2,1H3,(H,22,25). The van der Waals surface area contributed by atoms with Gasteiger partial charge in [-0.2, -0.15) is 4.31 Å². The summed E-state index contributed by atoms with van der Waals surface area (Å²) in [5.41, 5.74) is 0.754. The van der Waals surface area contributed by atoms with Crippen LogP contribution < -0.4 is 5.32 Å². The molecule has 0 atom stereocenters. The molecular formula is C20H24ClN3O3S2. The number of anilines is 1. The molecule has 0 saturated carbocycles. The number of nitrogens with zero attached hydrogens (tertiary/aromatic N) is 2. The maximum Gasteiger partial charge on any atom is 0.238 e. The van der Waals surface area contributed by atoms with Gasteiger partial charge in [0, 0.05) is 41.0 Å². The van der Waals surface area contributed by atoms with Gasteiger partial charge in [-0.25, -0.2) is 8.42 Å². The predicted octanol–water partition coefficient (Wildman–Crippen LogP) is 3.40. The Hall–Kier alpha value is -1.58. The van der Waals surface area contributed by atoms with E-state index in [1.54, 1.807) is 18.7 Å². The Labute approximate surface area is 181 Å². The SMILES string of the molecule is CCS(=O)(=O)N1CCN(CC(=O)Nc2ccccc2Sc2ccc(Cl)cc2)CC1. The van der Waals surface area contributed by atoms with Crippen molar-refractivity contribution in [1.29, 1.82) is 0 Å². The van der Waals surface area contributed by atoms with E-state index in [1.807, 2.05) is 53.4 Å². The number of para-hydroxylation sites is 1. The molecule has 1 amide bonds. The zero-order valence-corrected chi connectivity index (χ0v) is 18.6. The highest BCUT2D eigenvalue weighted by molar-refractivity contribution is 7.99. The molecule has 156 valence electrons. The van der Waals surface area contributed by atoms with E-state index < -0.39 is 10.0 Å². The van der Waals surface area contributed by atoms with Crippen LogP contribution in [0.3, 0.4) is 0 Å². The van der Waals surface area contributed by atoms with E-state index in [1.165, 1.54) is 4.31 Å². The highest BCUT2D eigenvalue weighted by atomic mass is 35.5. The Morgan fingerprint density at radius 2 is 1.72 bits per heavy atom. The number of amides is 1. The van der Waals surface area contributed by atoms with E-state index in [0.717, 1.165) is 15.5 Å². The van der Waals surface area contributed by atoms with Gasteiger partial charge in [-0.3, -0.25) is 9.69 Å². The number of sulfonamides is 1. The van der Waals surface area contributed by atoms with E-state index in [-0.39, 0.29) is 18.2 Å². The van der Waals surface area contributed by atoms with E-state index in [9.17, 15) is 13.2 Å². The van der Waals surface area contributed by atoms with Crippen molar-refractivity contribution in [2.24, 2.45) is 0 Å². The molecule has 1 N–H and O–H groups in total. The van der Waals surface area contributed by atoms with Gasteiger partial charge in [-0.15, -0.1) is 0 Å². The van der Waals surface area contributed by atoms with Gasteiger partial charge >= 0.3 is 0 Å². The van der Waals surface area contributed by atoms with Crippen LogP contribution in [0.2, 0.25) is 5.02 Å². The molecule has 0 aliphatic carbocycles. The Morgan fingerprint density at radius 3 is 2.38 bits per heavy atom. The molecule has 1 aliphatic heterocycles. The summed E-state index contributed by atoms with van der Waals surface area (Å²) in [7, 11) is -3.16. The topological polar surface area (TPSA) is 69.7 Å². The fraction of sp³-hybridized carbons (Fsp3) is 0.350. The molecule has 1 heterocycles. The van der Waals surface area contributed by atoms with Gasteiger partial charge in [-0.1, -0.05) is 35.5 Å². The lowest BCUT2D eigenvalue weighted by molar-refractivity contribution is -0.117. The second-order valence-corrected chi connectivity index (χ2v) is 10.5. The van der Waals surface area contributed by atoms with Crippen LogP contribution in [0.25, 0.3) is 0 Å². The Kier molecular flexibility index (Phi) is 7.59. The molecule has 9 heteroatoms. The predicted molar refractivity (Wildman–Crippen MR) is 118 cm³/mol. The third-order valence-electron chi connectivity index (χ3n) is 4.66. The van der Waals surface area contributed by atoms with Gasteiger partial charge in [0.2, 0.25) is 15.9 Å². The summed E-state index contributed by atoms with van der Waals surface area (Å²) in [6.45, 7) is 3.83. The molecule has 0 radical (unpaired) electrons. The van der Waals surface area contributed by atoms with Crippen molar-refractivity contribution in [2.45, 2.75) is 16.7 Å². The Morgan fingerprint density at radius 1 is 1.07 bits per heavy atom. The molecule has 0 unspecified atom stereocenters. The lowest BCUT2D eigenvalue weighted by atomic mass is 10.3. The van der Waals surface area contributed by atoms with Gasteiger partial charge in [-0.05, 0) is 43.3 Å². The fourth-order valence-electron chi connectivity index (χ4n) is 3.03. The molecule has 0 aromatic heterocycles. The number of hydrogen-bond donors (Lipinski definition) is 1. The first-order chi connectivity index (χ1) is 13.9. The summed E-state index contributed by atoms with van der Waals surface area (Å²) in [5, 5.41) is 3.67. The third-order valence-corrected chi connectivity index (χ3v) is 7.88. The summed E-state index contributed by atoms with van der Waals surface area (Å²) in [4.78, 5) is 16.5. The minimum absolute atomic E-state index is 0.107. The van der Waals surface area contributed by atoms with Crippen LogP contribution in [0.4, 0.5) is 5.69 Å². The second kappa shape index (κ2) is 9.95. The quantitative estimate of drug-likeness (QED) is 0.695. The molecule has 2 aromatic carbocycles. The molecular weight excluding hydrogens is 430 g/mol. The summed E-state index contributed by atoms with van der Waals surface area (Å²) < 4.78 is 25.4. The summed E-state index contributed by atoms with van der Waals surface area (Å²) in [5.74, 6) is -0.00352. The van der Waals surface area contributed by atoms with Crippen LogP contribution in [-0.2, 0) is 14.8 Å². The van der Waals surface area contributed by atoms with E-state index >= 15 is 0 Å². The lowest BCUT2D eigenvalue weighted by Crippen LogP contribution is -2.50. The Balaban J connectivity index is 1.57. The number of nitrogens with one attached hydrogen (secondary N) is 1. The molecule has 3 rings (SSSR count). The molecule has 0 spiro atoms. The van der Waals surface area contributed by atoms with Crippen LogP contribution in [0, 0.1) is 0 Å². The highest BCUT2D eigenvalue weighted by Crippen LogP contribution is 2.33.